The maximum atomic E-state index is 13.4. The Morgan fingerprint density at radius 3 is 1.43 bits per heavy atom. The molecule has 1 fully saturated rings. The maximum absolute atomic E-state index is 13.4. The van der Waals surface area contributed by atoms with Crippen LogP contribution >= 0.6 is 15.9 Å². The minimum Gasteiger partial charge on any atom is -0.399 e. The third-order valence-electron chi connectivity index (χ3n) is 10.4. The monoisotopic (exact) mass is 1080 g/mol. The van der Waals surface area contributed by atoms with Crippen LogP contribution in [0.15, 0.2) is 38.8 Å². The van der Waals surface area contributed by atoms with Gasteiger partial charge in [0, 0.05) is 43.7 Å². The maximum Gasteiger partial charge on any atom is 0.498 e. The average molecular weight is 1090 g/mol. The highest BCUT2D eigenvalue weighted by Gasteiger charge is 2.59. The van der Waals surface area contributed by atoms with Crippen molar-refractivity contribution in [3.8, 4) is 11.1 Å². The highest BCUT2D eigenvalue weighted by molar-refractivity contribution is 9.10. The molecule has 0 N–H and O–H groups in total. The van der Waals surface area contributed by atoms with Gasteiger partial charge in [-0.3, -0.25) is 47.5 Å². The van der Waals surface area contributed by atoms with Gasteiger partial charge in [0.05, 0.1) is 23.0 Å². The molecule has 34 heteroatoms. The van der Waals surface area contributed by atoms with Gasteiger partial charge in [0.15, 0.2) is 11.4 Å². The number of hydrogen-bond donors (Lipinski definition) is 0. The normalized spacial score (nSPS) is 17.0. The van der Waals surface area contributed by atoms with E-state index in [1.54, 1.807) is 27.7 Å². The van der Waals surface area contributed by atoms with Crippen molar-refractivity contribution in [1.29, 1.82) is 0 Å². The van der Waals surface area contributed by atoms with Crippen LogP contribution in [-0.2, 0) is 57.4 Å². The van der Waals surface area contributed by atoms with Crippen molar-refractivity contribution in [1.82, 2.24) is 38.7 Å². The summed E-state index contributed by atoms with van der Waals surface area (Å²) in [5.41, 5.74) is -8.08. The van der Waals surface area contributed by atoms with E-state index in [-0.39, 0.29) is 30.1 Å². The van der Waals surface area contributed by atoms with E-state index in [0.717, 1.165) is 33.8 Å². The predicted molar refractivity (Wildman–Crippen MR) is 209 cm³/mol. The Morgan fingerprint density at radius 2 is 1.01 bits per heavy atom. The van der Waals surface area contributed by atoms with Crippen LogP contribution in [-0.4, -0.2) is 107 Å². The van der Waals surface area contributed by atoms with Crippen molar-refractivity contribution in [2.45, 2.75) is 109 Å². The molecule has 0 spiro atoms. The lowest BCUT2D eigenvalue weighted by atomic mass is 9.82. The molecule has 1 saturated heterocycles. The molecule has 3 aliphatic rings. The molecule has 0 atom stereocenters. The van der Waals surface area contributed by atoms with Crippen LogP contribution in [0.25, 0.3) is 11.1 Å². The molecule has 0 aromatic carbocycles. The van der Waals surface area contributed by atoms with Crippen molar-refractivity contribution in [3.63, 3.8) is 0 Å². The minimum atomic E-state index is -5.91. The summed E-state index contributed by atoms with van der Waals surface area (Å²) in [6.45, 7) is 2.71. The first-order valence-corrected chi connectivity index (χ1v) is 19.3. The fraction of sp³-hybridized carbons (Fsp3) is 0.543. The summed E-state index contributed by atoms with van der Waals surface area (Å²) in [6.07, 6.45) is -18.3. The Morgan fingerprint density at radius 1 is 0.623 bits per heavy atom. The molecule has 4 aromatic heterocycles. The van der Waals surface area contributed by atoms with Crippen molar-refractivity contribution < 1.29 is 89.1 Å². The number of alkyl halides is 16. The van der Waals surface area contributed by atoms with Gasteiger partial charge in [-0.2, -0.15) is 80.4 Å². The smallest absolute Gasteiger partial charge is 0.399 e. The number of hydrogen-bond acceptors (Lipinski definition) is 10. The van der Waals surface area contributed by atoms with Crippen LogP contribution in [0.4, 0.5) is 82.1 Å². The van der Waals surface area contributed by atoms with Crippen LogP contribution < -0.4 is 26.4 Å². The summed E-state index contributed by atoms with van der Waals surface area (Å²) >= 11 is 2.56. The first-order valence-electron chi connectivity index (χ1n) is 18.5. The van der Waals surface area contributed by atoms with E-state index < -0.39 is 130 Å². The molecule has 0 aliphatic carbocycles. The van der Waals surface area contributed by atoms with Crippen molar-refractivity contribution >= 4 is 52.2 Å². The van der Waals surface area contributed by atoms with E-state index in [4.69, 9.17) is 9.31 Å². The highest BCUT2D eigenvalue weighted by atomic mass is 79.9. The third kappa shape index (κ3) is 11.1. The first-order chi connectivity index (χ1) is 30.6. The summed E-state index contributed by atoms with van der Waals surface area (Å²) < 4.78 is 217. The van der Waals surface area contributed by atoms with E-state index in [0.29, 0.717) is 21.6 Å². The quantitative estimate of drug-likeness (QED) is 0.158. The van der Waals surface area contributed by atoms with Gasteiger partial charge in [-0.15, -0.1) is 0 Å². The lowest BCUT2D eigenvalue weighted by Gasteiger charge is -2.32. The van der Waals surface area contributed by atoms with Gasteiger partial charge in [-0.05, 0) is 43.6 Å². The molecule has 69 heavy (non-hydrogen) atoms. The van der Waals surface area contributed by atoms with E-state index >= 15 is 0 Å². The number of nitrogens with zero attached hydrogens (tertiary/aromatic N) is 10. The molecule has 3 aliphatic heterocycles. The van der Waals surface area contributed by atoms with Crippen LogP contribution in [0.3, 0.4) is 0 Å². The second-order valence-corrected chi connectivity index (χ2v) is 16.6. The Balaban J connectivity index is 0.000000232. The summed E-state index contributed by atoms with van der Waals surface area (Å²) in [5, 5.41) is 6.73. The highest BCUT2D eigenvalue weighted by Crippen LogP contribution is 2.40. The molecule has 2 amide bonds. The lowest BCUT2D eigenvalue weighted by molar-refractivity contribution is -0.287. The molecule has 16 nitrogen and oxygen atoms in total. The number of anilines is 2. The number of rotatable bonds is 6. The molecule has 382 valence electrons. The van der Waals surface area contributed by atoms with Crippen LogP contribution in [0.5, 0.6) is 0 Å². The lowest BCUT2D eigenvalue weighted by Crippen LogP contribution is -2.41. The Bertz CT molecular complexity index is 2710. The van der Waals surface area contributed by atoms with Crippen LogP contribution in [0, 0.1) is 0 Å². The van der Waals surface area contributed by atoms with E-state index in [1.807, 2.05) is 0 Å². The summed E-state index contributed by atoms with van der Waals surface area (Å²) in [6, 6.07) is 0. The second-order valence-electron chi connectivity index (χ2n) is 15.8. The van der Waals surface area contributed by atoms with Gasteiger partial charge in [-0.1, -0.05) is 7.43 Å². The van der Waals surface area contributed by atoms with Crippen molar-refractivity contribution in [3.05, 3.63) is 61.4 Å². The molecule has 4 aromatic rings. The summed E-state index contributed by atoms with van der Waals surface area (Å²) in [7, 11) is 1.50. The second kappa shape index (κ2) is 18.3. The Kier molecular flexibility index (Phi) is 14.9. The number of carbonyl (C=O) groups excluding carboxylic acids is 2. The minimum absolute atomic E-state index is 0. The summed E-state index contributed by atoms with van der Waals surface area (Å²) in [4.78, 5) is 55.4. The van der Waals surface area contributed by atoms with Gasteiger partial charge < -0.3 is 9.31 Å². The topological polar surface area (TPSA) is 164 Å². The van der Waals surface area contributed by atoms with E-state index in [2.05, 4.69) is 36.1 Å². The number of halogens is 17. The Labute approximate surface area is 385 Å². The molecule has 7 rings (SSSR count). The van der Waals surface area contributed by atoms with Crippen LogP contribution in [0.1, 0.15) is 46.5 Å². The van der Waals surface area contributed by atoms with E-state index in [1.165, 1.54) is 7.05 Å². The standard InChI is InChI=1S/C14H9F8N5O2.C12H16BF5N2O2.C8H5BrF3N3O2.CH4/c1-25-7(28)4-27-10(29)8(9(13(17,18)19)24-11(25)27)6-2-23-26(3-6)5-12(15,16)14(20,21)22;1-9(2)10(3,4)22-13(21-9)8-5-19-20(6-8)7-11(14,15)12(16,17)18;1-14-3(16)2-15-6(17)4(9)5(8(10,11)12)13-7(14)15;/h2-3H,4-5H2,1H3;5-6H,7H2,1-4H3;2H2,1H3;1H4. The van der Waals surface area contributed by atoms with Gasteiger partial charge in [-0.25, -0.2) is 9.97 Å². The number of amides is 2. The Hall–Kier alpha value is -5.54. The fourth-order valence-electron chi connectivity index (χ4n) is 5.95. The number of aromatic nitrogens is 8. The van der Waals surface area contributed by atoms with Crippen molar-refractivity contribution in [2.75, 3.05) is 23.9 Å². The van der Waals surface area contributed by atoms with Crippen molar-refractivity contribution in [2.24, 2.45) is 0 Å². The van der Waals surface area contributed by atoms with Gasteiger partial charge >= 0.3 is 43.7 Å². The molecule has 0 radical (unpaired) electrons. The van der Waals surface area contributed by atoms with Crippen LogP contribution in [0.2, 0.25) is 0 Å². The number of carbonyl (C=O) groups is 2. The molecular formula is C35H34BBrF16N10O6. The molecule has 0 unspecified atom stereocenters. The molecular weight excluding hydrogens is 1050 g/mol. The molecule has 7 heterocycles. The van der Waals surface area contributed by atoms with Gasteiger partial charge in [0.1, 0.15) is 30.7 Å². The summed E-state index contributed by atoms with van der Waals surface area (Å²) in [5.74, 6) is -12.1. The number of likely N-dealkylation sites (N-methyl/N-ethyl adjacent to an activating group) is 2. The van der Waals surface area contributed by atoms with Gasteiger partial charge in [0.25, 0.3) is 11.1 Å². The zero-order chi connectivity index (χ0) is 51.9. The zero-order valence-electron chi connectivity index (χ0n) is 35.1. The third-order valence-corrected chi connectivity index (χ3v) is 11.1. The zero-order valence-corrected chi connectivity index (χ0v) is 36.6. The molecule has 0 saturated carbocycles. The largest absolute Gasteiger partial charge is 0.498 e. The molecule has 0 bridgehead atoms. The number of fused-ring (bicyclic) bond motifs is 2. The van der Waals surface area contributed by atoms with E-state index in [9.17, 15) is 89.4 Å². The average Bonchev–Trinajstić information content (AvgIpc) is 3.98. The first kappa shape index (κ1) is 56.1. The predicted octanol–water partition coefficient (Wildman–Crippen LogP) is 6.32. The van der Waals surface area contributed by atoms with Gasteiger partial charge in [0.2, 0.25) is 23.7 Å². The fourth-order valence-corrected chi connectivity index (χ4v) is 6.48. The SMILES string of the molecule is C.CC1(C)OB(c2cnn(CC(F)(F)C(F)(F)F)c2)OC1(C)C.CN1C(=O)Cn2c1nc(C(F)(F)F)c(-c1cnn(CC(F)(F)C(F)(F)F)c1)c2=O.CN1C(=O)Cn2c1nc(C(F)(F)F)c(Br)c2=O.